The van der Waals surface area contributed by atoms with E-state index in [4.69, 9.17) is 0 Å². The second kappa shape index (κ2) is 7.24. The summed E-state index contributed by atoms with van der Waals surface area (Å²) in [5, 5.41) is 3.31. The monoisotopic (exact) mass is 304 g/mol. The highest BCUT2D eigenvalue weighted by Gasteiger charge is 2.24. The highest BCUT2D eigenvalue weighted by molar-refractivity contribution is 7.89. The van der Waals surface area contributed by atoms with Crippen LogP contribution >= 0.6 is 12.4 Å². The van der Waals surface area contributed by atoms with E-state index >= 15 is 0 Å². The van der Waals surface area contributed by atoms with Gasteiger partial charge in [-0.05, 0) is 50.9 Å². The number of nitrogens with one attached hydrogen (secondary N) is 2. The zero-order valence-corrected chi connectivity index (χ0v) is 12.6. The lowest BCUT2D eigenvalue weighted by atomic mass is 9.94. The van der Waals surface area contributed by atoms with Gasteiger partial charge in [-0.2, -0.15) is 0 Å². The maximum absolute atomic E-state index is 12.2. The minimum atomic E-state index is -3.39. The van der Waals surface area contributed by atoms with E-state index in [2.05, 4.69) is 10.0 Å². The van der Waals surface area contributed by atoms with Crippen molar-refractivity contribution in [2.24, 2.45) is 5.92 Å². The van der Waals surface area contributed by atoms with Crippen molar-refractivity contribution < 1.29 is 8.42 Å². The highest BCUT2D eigenvalue weighted by Crippen LogP contribution is 2.16. The summed E-state index contributed by atoms with van der Waals surface area (Å²) in [6.45, 7) is 3.87. The number of piperidine rings is 1. The van der Waals surface area contributed by atoms with Crippen molar-refractivity contribution in [3.05, 3.63) is 30.3 Å². The third-order valence-corrected chi connectivity index (χ3v) is 5.01. The third kappa shape index (κ3) is 4.45. The van der Waals surface area contributed by atoms with Crippen molar-refractivity contribution in [1.29, 1.82) is 0 Å². The van der Waals surface area contributed by atoms with Gasteiger partial charge in [0.05, 0.1) is 4.90 Å². The van der Waals surface area contributed by atoms with Gasteiger partial charge in [-0.15, -0.1) is 12.4 Å². The first-order valence-corrected chi connectivity index (χ1v) is 7.86. The molecule has 108 valence electrons. The molecule has 0 radical (unpaired) electrons. The van der Waals surface area contributed by atoms with Crippen LogP contribution in [0.25, 0.3) is 0 Å². The van der Waals surface area contributed by atoms with Gasteiger partial charge in [-0.25, -0.2) is 13.1 Å². The molecule has 0 amide bonds. The second-order valence-corrected chi connectivity index (χ2v) is 6.54. The molecule has 1 aromatic carbocycles. The largest absolute Gasteiger partial charge is 0.316 e. The van der Waals surface area contributed by atoms with Gasteiger partial charge in [0.2, 0.25) is 10.0 Å². The van der Waals surface area contributed by atoms with Crippen molar-refractivity contribution in [1.82, 2.24) is 10.0 Å². The Balaban J connectivity index is 0.00000180. The van der Waals surface area contributed by atoms with Gasteiger partial charge >= 0.3 is 0 Å². The number of hydrogen-bond donors (Lipinski definition) is 2. The lowest BCUT2D eigenvalue weighted by Gasteiger charge is -2.28. The maximum atomic E-state index is 12.2. The first-order valence-electron chi connectivity index (χ1n) is 6.38. The predicted molar refractivity (Wildman–Crippen MR) is 79.1 cm³/mol. The van der Waals surface area contributed by atoms with Crippen LogP contribution in [0.1, 0.15) is 19.8 Å². The number of sulfonamides is 1. The fourth-order valence-corrected chi connectivity index (χ4v) is 3.65. The molecule has 0 aliphatic carbocycles. The Bertz CT molecular complexity index is 473. The zero-order chi connectivity index (χ0) is 13.0. The molecule has 1 aliphatic rings. The number of halogens is 1. The quantitative estimate of drug-likeness (QED) is 0.891. The van der Waals surface area contributed by atoms with Gasteiger partial charge in [0.25, 0.3) is 0 Å². The Morgan fingerprint density at radius 1 is 1.32 bits per heavy atom. The summed E-state index contributed by atoms with van der Waals surface area (Å²) in [4.78, 5) is 0.334. The van der Waals surface area contributed by atoms with Crippen molar-refractivity contribution in [2.45, 2.75) is 30.7 Å². The summed E-state index contributed by atoms with van der Waals surface area (Å²) < 4.78 is 27.1. The van der Waals surface area contributed by atoms with Crippen LogP contribution in [-0.2, 0) is 10.0 Å². The van der Waals surface area contributed by atoms with Gasteiger partial charge in [0, 0.05) is 6.04 Å². The molecule has 2 atom stereocenters. The Morgan fingerprint density at radius 2 is 2.00 bits per heavy atom. The number of benzene rings is 1. The van der Waals surface area contributed by atoms with Crippen molar-refractivity contribution in [3.63, 3.8) is 0 Å². The van der Waals surface area contributed by atoms with Crippen LogP contribution in [0, 0.1) is 5.92 Å². The smallest absolute Gasteiger partial charge is 0.240 e. The number of rotatable bonds is 4. The molecular weight excluding hydrogens is 284 g/mol. The summed E-state index contributed by atoms with van der Waals surface area (Å²) in [7, 11) is -3.39. The lowest BCUT2D eigenvalue weighted by molar-refractivity contribution is 0.320. The third-order valence-electron chi connectivity index (χ3n) is 3.44. The van der Waals surface area contributed by atoms with Crippen LogP contribution in [0.2, 0.25) is 0 Å². The molecule has 6 heteroatoms. The molecule has 2 unspecified atom stereocenters. The molecular formula is C13H21ClN2O2S. The van der Waals surface area contributed by atoms with E-state index in [1.54, 1.807) is 24.3 Å². The minimum Gasteiger partial charge on any atom is -0.316 e. The molecule has 0 saturated carbocycles. The molecule has 4 nitrogen and oxygen atoms in total. The van der Waals surface area contributed by atoms with Gasteiger partial charge in [-0.3, -0.25) is 0 Å². The Kier molecular flexibility index (Phi) is 6.26. The van der Waals surface area contributed by atoms with Crippen molar-refractivity contribution >= 4 is 22.4 Å². The molecule has 1 aliphatic heterocycles. The zero-order valence-electron chi connectivity index (χ0n) is 11.0. The summed E-state index contributed by atoms with van der Waals surface area (Å²) in [6.07, 6.45) is 2.19. The highest BCUT2D eigenvalue weighted by atomic mass is 35.5. The Hall–Kier alpha value is -0.620. The molecule has 2 N–H and O–H groups in total. The fraction of sp³-hybridized carbons (Fsp3) is 0.538. The van der Waals surface area contributed by atoms with Gasteiger partial charge < -0.3 is 5.32 Å². The fourth-order valence-electron chi connectivity index (χ4n) is 2.31. The minimum absolute atomic E-state index is 0. The Labute approximate surface area is 121 Å². The van der Waals surface area contributed by atoms with E-state index in [9.17, 15) is 8.42 Å². The molecule has 1 saturated heterocycles. The van der Waals surface area contributed by atoms with E-state index in [1.807, 2.05) is 13.0 Å². The molecule has 1 heterocycles. The van der Waals surface area contributed by atoms with Crippen LogP contribution < -0.4 is 10.0 Å². The Morgan fingerprint density at radius 3 is 2.58 bits per heavy atom. The maximum Gasteiger partial charge on any atom is 0.240 e. The van der Waals surface area contributed by atoms with Gasteiger partial charge in [0.1, 0.15) is 0 Å². The lowest BCUT2D eigenvalue weighted by Crippen LogP contribution is -2.44. The van der Waals surface area contributed by atoms with Gasteiger partial charge in [0.15, 0.2) is 0 Å². The topological polar surface area (TPSA) is 58.2 Å². The first-order chi connectivity index (χ1) is 8.59. The molecule has 1 aromatic rings. The number of hydrogen-bond acceptors (Lipinski definition) is 3. The van der Waals surface area contributed by atoms with Crippen molar-refractivity contribution in [2.75, 3.05) is 13.1 Å². The van der Waals surface area contributed by atoms with E-state index in [0.717, 1.165) is 25.9 Å². The first kappa shape index (κ1) is 16.4. The molecule has 0 bridgehead atoms. The molecule has 19 heavy (non-hydrogen) atoms. The molecule has 0 spiro atoms. The standard InChI is InChI=1S/C13H20N2O2S.ClH/c1-11(12-6-5-9-14-10-12)15-18(16,17)13-7-3-2-4-8-13;/h2-4,7-8,11-12,14-15H,5-6,9-10H2,1H3;1H. The normalized spacial score (nSPS) is 21.4. The summed E-state index contributed by atoms with van der Waals surface area (Å²) in [5.41, 5.74) is 0. The summed E-state index contributed by atoms with van der Waals surface area (Å²) in [5.74, 6) is 0.372. The molecule has 0 aromatic heterocycles. The van der Waals surface area contributed by atoms with E-state index in [-0.39, 0.29) is 18.4 Å². The van der Waals surface area contributed by atoms with Crippen LogP contribution in [0.5, 0.6) is 0 Å². The van der Waals surface area contributed by atoms with Crippen LogP contribution in [0.3, 0.4) is 0 Å². The van der Waals surface area contributed by atoms with Crippen LogP contribution in [0.15, 0.2) is 35.2 Å². The van der Waals surface area contributed by atoms with E-state index < -0.39 is 10.0 Å². The second-order valence-electron chi connectivity index (χ2n) is 4.83. The summed E-state index contributed by atoms with van der Waals surface area (Å²) >= 11 is 0. The van der Waals surface area contributed by atoms with Crippen molar-refractivity contribution in [3.8, 4) is 0 Å². The van der Waals surface area contributed by atoms with E-state index in [1.165, 1.54) is 0 Å². The van der Waals surface area contributed by atoms with Crippen LogP contribution in [-0.4, -0.2) is 27.5 Å². The average Bonchev–Trinajstić information content (AvgIpc) is 2.40. The SMILES string of the molecule is CC(NS(=O)(=O)c1ccccc1)C1CCCNC1.Cl. The van der Waals surface area contributed by atoms with E-state index in [0.29, 0.717) is 10.8 Å². The molecule has 2 rings (SSSR count). The van der Waals surface area contributed by atoms with Crippen LogP contribution in [0.4, 0.5) is 0 Å². The van der Waals surface area contributed by atoms with Gasteiger partial charge in [-0.1, -0.05) is 18.2 Å². The molecule has 1 fully saturated rings. The summed E-state index contributed by atoms with van der Waals surface area (Å²) in [6, 6.07) is 8.49. The predicted octanol–water partition coefficient (Wildman–Crippen LogP) is 1.77. The average molecular weight is 305 g/mol.